The first-order chi connectivity index (χ1) is 14.6. The van der Waals surface area contributed by atoms with Crippen molar-refractivity contribution in [2.75, 3.05) is 0 Å². The van der Waals surface area contributed by atoms with Crippen LogP contribution in [0.5, 0.6) is 0 Å². The number of benzene rings is 3. The number of para-hydroxylation sites is 1. The molecule has 3 aromatic carbocycles. The van der Waals surface area contributed by atoms with Crippen molar-refractivity contribution in [3.63, 3.8) is 0 Å². The largest absolute Gasteiger partial charge is 0.350 e. The minimum absolute atomic E-state index is 0.0128. The van der Waals surface area contributed by atoms with Gasteiger partial charge in [0.2, 0.25) is 0 Å². The van der Waals surface area contributed by atoms with Crippen LogP contribution in [0.3, 0.4) is 0 Å². The van der Waals surface area contributed by atoms with Gasteiger partial charge in [-0.1, -0.05) is 48.5 Å². The van der Waals surface area contributed by atoms with Gasteiger partial charge in [-0.25, -0.2) is 4.39 Å². The molecule has 1 atom stereocenters. The molecule has 0 bridgehead atoms. The number of carbonyl (C=O) groups excluding carboxylic acids is 1. The first kappa shape index (κ1) is 19.9. The van der Waals surface area contributed by atoms with Crippen LogP contribution in [0.15, 0.2) is 85.1 Å². The molecule has 1 heterocycles. The molecule has 0 aliphatic rings. The Balaban J connectivity index is 1.44. The van der Waals surface area contributed by atoms with Crippen molar-refractivity contribution in [3.8, 4) is 0 Å². The predicted octanol–water partition coefficient (Wildman–Crippen LogP) is 5.58. The lowest BCUT2D eigenvalue weighted by molar-refractivity contribution is 0.0938. The lowest BCUT2D eigenvalue weighted by Gasteiger charge is -2.13. The van der Waals surface area contributed by atoms with E-state index in [1.165, 1.54) is 46.3 Å². The lowest BCUT2D eigenvalue weighted by atomic mass is 10.0. The minimum atomic E-state index is -0.341. The molecule has 30 heavy (non-hydrogen) atoms. The fourth-order valence-electron chi connectivity index (χ4n) is 3.79. The Morgan fingerprint density at radius 2 is 1.67 bits per heavy atom. The van der Waals surface area contributed by atoms with Crippen LogP contribution in [-0.4, -0.2) is 16.5 Å². The summed E-state index contributed by atoms with van der Waals surface area (Å²) in [7, 11) is 0. The van der Waals surface area contributed by atoms with Gasteiger partial charge in [0, 0.05) is 35.2 Å². The molecule has 0 aliphatic heterocycles. The van der Waals surface area contributed by atoms with Gasteiger partial charge >= 0.3 is 0 Å². The molecule has 0 saturated carbocycles. The van der Waals surface area contributed by atoms with E-state index in [4.69, 9.17) is 0 Å². The van der Waals surface area contributed by atoms with E-state index in [9.17, 15) is 9.18 Å². The average Bonchev–Trinajstić information content (AvgIpc) is 3.11. The van der Waals surface area contributed by atoms with E-state index in [1.54, 1.807) is 0 Å². The molecule has 0 spiro atoms. The number of halogens is 1. The fraction of sp³-hybridized carbons (Fsp3) is 0.192. The van der Waals surface area contributed by atoms with Gasteiger partial charge in [-0.15, -0.1) is 0 Å². The number of fused-ring (bicyclic) bond motifs is 1. The van der Waals surface area contributed by atoms with Crippen LogP contribution in [0.4, 0.5) is 4.39 Å². The van der Waals surface area contributed by atoms with E-state index < -0.39 is 0 Å². The van der Waals surface area contributed by atoms with Gasteiger partial charge in [0.15, 0.2) is 0 Å². The van der Waals surface area contributed by atoms with Gasteiger partial charge < -0.3 is 9.88 Å². The van der Waals surface area contributed by atoms with Gasteiger partial charge in [-0.05, 0) is 61.2 Å². The van der Waals surface area contributed by atoms with E-state index in [2.05, 4.69) is 64.6 Å². The van der Waals surface area contributed by atoms with Crippen LogP contribution in [0.1, 0.15) is 34.8 Å². The van der Waals surface area contributed by atoms with Gasteiger partial charge in [-0.3, -0.25) is 4.79 Å². The molecule has 0 aliphatic carbocycles. The molecule has 4 rings (SSSR count). The molecule has 152 valence electrons. The maximum Gasteiger partial charge on any atom is 0.251 e. The SMILES string of the molecule is CC(CCc1cn(Cc2ccccc2)c2ccccc12)NC(=O)c1ccc(F)cc1. The number of carbonyl (C=O) groups is 1. The third kappa shape index (κ3) is 4.60. The molecule has 0 fully saturated rings. The van der Waals surface area contributed by atoms with E-state index >= 15 is 0 Å². The minimum Gasteiger partial charge on any atom is -0.350 e. The zero-order chi connectivity index (χ0) is 20.9. The standard InChI is InChI=1S/C26H25FN2O/c1-19(28-26(30)21-13-15-23(27)16-14-21)11-12-22-18-29(17-20-7-3-2-4-8-20)25-10-6-5-9-24(22)25/h2-10,13-16,18-19H,11-12,17H2,1H3,(H,28,30). The zero-order valence-corrected chi connectivity index (χ0v) is 17.0. The van der Waals surface area contributed by atoms with E-state index in [1.807, 2.05) is 13.0 Å². The Hall–Kier alpha value is -3.40. The third-order valence-corrected chi connectivity index (χ3v) is 5.40. The van der Waals surface area contributed by atoms with Crippen molar-refractivity contribution in [2.45, 2.75) is 32.4 Å². The van der Waals surface area contributed by atoms with E-state index in [-0.39, 0.29) is 17.8 Å². The van der Waals surface area contributed by atoms with Crippen LogP contribution in [0.2, 0.25) is 0 Å². The third-order valence-electron chi connectivity index (χ3n) is 5.40. The Labute approximate surface area is 176 Å². The summed E-state index contributed by atoms with van der Waals surface area (Å²) in [5.74, 6) is -0.513. The lowest BCUT2D eigenvalue weighted by Crippen LogP contribution is -2.32. The summed E-state index contributed by atoms with van der Waals surface area (Å²) in [6.45, 7) is 2.84. The molecule has 1 N–H and O–H groups in total. The fourth-order valence-corrected chi connectivity index (χ4v) is 3.79. The molecule has 0 saturated heterocycles. The molecular weight excluding hydrogens is 375 g/mol. The molecule has 1 amide bonds. The summed E-state index contributed by atoms with van der Waals surface area (Å²) >= 11 is 0. The first-order valence-electron chi connectivity index (χ1n) is 10.3. The van der Waals surface area contributed by atoms with Gasteiger partial charge in [0.25, 0.3) is 5.91 Å². The maximum atomic E-state index is 13.1. The highest BCUT2D eigenvalue weighted by Crippen LogP contribution is 2.24. The van der Waals surface area contributed by atoms with Crippen molar-refractivity contribution < 1.29 is 9.18 Å². The maximum absolute atomic E-state index is 13.1. The van der Waals surface area contributed by atoms with Crippen molar-refractivity contribution >= 4 is 16.8 Å². The van der Waals surface area contributed by atoms with Crippen molar-refractivity contribution in [2.24, 2.45) is 0 Å². The van der Waals surface area contributed by atoms with Crippen molar-refractivity contribution in [3.05, 3.63) is 108 Å². The molecule has 3 nitrogen and oxygen atoms in total. The second-order valence-corrected chi connectivity index (χ2v) is 7.71. The van der Waals surface area contributed by atoms with E-state index in [0.717, 1.165) is 19.4 Å². The summed E-state index contributed by atoms with van der Waals surface area (Å²) in [6.07, 6.45) is 3.92. The first-order valence-corrected chi connectivity index (χ1v) is 10.3. The molecule has 4 heteroatoms. The van der Waals surface area contributed by atoms with Gasteiger partial charge in [-0.2, -0.15) is 0 Å². The normalized spacial score (nSPS) is 12.1. The molecule has 1 unspecified atom stereocenters. The van der Waals surface area contributed by atoms with Crippen LogP contribution in [0.25, 0.3) is 10.9 Å². The number of hydrogen-bond acceptors (Lipinski definition) is 1. The Morgan fingerprint density at radius 1 is 0.967 bits per heavy atom. The van der Waals surface area contributed by atoms with Crippen LogP contribution in [0, 0.1) is 5.82 Å². The summed E-state index contributed by atoms with van der Waals surface area (Å²) < 4.78 is 15.3. The number of hydrogen-bond donors (Lipinski definition) is 1. The number of nitrogens with one attached hydrogen (secondary N) is 1. The van der Waals surface area contributed by atoms with E-state index in [0.29, 0.717) is 5.56 Å². The van der Waals surface area contributed by atoms with Crippen molar-refractivity contribution in [1.29, 1.82) is 0 Å². The number of aromatic nitrogens is 1. The van der Waals surface area contributed by atoms with Crippen LogP contribution in [-0.2, 0) is 13.0 Å². The highest BCUT2D eigenvalue weighted by molar-refractivity contribution is 5.94. The molecule has 4 aromatic rings. The van der Waals surface area contributed by atoms with Crippen LogP contribution >= 0.6 is 0 Å². The number of nitrogens with zero attached hydrogens (tertiary/aromatic N) is 1. The zero-order valence-electron chi connectivity index (χ0n) is 17.0. The summed E-state index contributed by atoms with van der Waals surface area (Å²) in [5, 5.41) is 4.27. The Kier molecular flexibility index (Phi) is 5.94. The second kappa shape index (κ2) is 8.95. The summed E-state index contributed by atoms with van der Waals surface area (Å²) in [4.78, 5) is 12.4. The number of aryl methyl sites for hydroxylation is 1. The van der Waals surface area contributed by atoms with Gasteiger partial charge in [0.1, 0.15) is 5.82 Å². The smallest absolute Gasteiger partial charge is 0.251 e. The Bertz CT molecular complexity index is 1130. The number of rotatable bonds is 7. The monoisotopic (exact) mass is 400 g/mol. The van der Waals surface area contributed by atoms with Gasteiger partial charge in [0.05, 0.1) is 0 Å². The Morgan fingerprint density at radius 3 is 2.43 bits per heavy atom. The summed E-state index contributed by atoms with van der Waals surface area (Å²) in [6, 6.07) is 24.5. The molecular formula is C26H25FN2O. The highest BCUT2D eigenvalue weighted by atomic mass is 19.1. The number of amides is 1. The highest BCUT2D eigenvalue weighted by Gasteiger charge is 2.13. The topological polar surface area (TPSA) is 34.0 Å². The van der Waals surface area contributed by atoms with Crippen LogP contribution < -0.4 is 5.32 Å². The average molecular weight is 400 g/mol. The van der Waals surface area contributed by atoms with Crippen molar-refractivity contribution in [1.82, 2.24) is 9.88 Å². The molecule has 0 radical (unpaired) electrons. The summed E-state index contributed by atoms with van der Waals surface area (Å²) in [5.41, 5.74) is 4.25. The predicted molar refractivity (Wildman–Crippen MR) is 119 cm³/mol. The second-order valence-electron chi connectivity index (χ2n) is 7.71. The quantitative estimate of drug-likeness (QED) is 0.432. The molecule has 1 aromatic heterocycles.